The lowest BCUT2D eigenvalue weighted by molar-refractivity contribution is -0.0428. The predicted molar refractivity (Wildman–Crippen MR) is 231 cm³/mol. The molecule has 2 aromatic carbocycles. The Bertz CT molecular complexity index is 2090. The Morgan fingerprint density at radius 1 is 0.655 bits per heavy atom. The lowest BCUT2D eigenvalue weighted by atomic mass is 9.62. The number of nitrogens with zero attached hydrogens (tertiary/aromatic N) is 3. The van der Waals surface area contributed by atoms with Gasteiger partial charge in [0.1, 0.15) is 5.58 Å². The van der Waals surface area contributed by atoms with Gasteiger partial charge in [-0.05, 0) is 109 Å². The zero-order valence-electron chi connectivity index (χ0n) is 35.3. The highest BCUT2D eigenvalue weighted by atomic mass is 32.2. The highest BCUT2D eigenvalue weighted by Crippen LogP contribution is 2.66. The zero-order chi connectivity index (χ0) is 37.9. The van der Waals surface area contributed by atoms with Crippen molar-refractivity contribution in [1.29, 1.82) is 0 Å². The van der Waals surface area contributed by atoms with Crippen molar-refractivity contribution in [3.8, 4) is 0 Å². The molecule has 6 fully saturated rings. The van der Waals surface area contributed by atoms with Crippen LogP contribution in [0.3, 0.4) is 0 Å². The lowest BCUT2D eigenvalue weighted by Crippen LogP contribution is -2.70. The van der Waals surface area contributed by atoms with Crippen LogP contribution in [0.4, 0.5) is 5.69 Å². The Balaban J connectivity index is 1.17. The minimum Gasteiger partial charge on any atom is -0.454 e. The molecule has 55 heavy (non-hydrogen) atoms. The Morgan fingerprint density at radius 3 is 2.18 bits per heavy atom. The number of para-hydroxylation sites is 2. The average molecular weight is 758 g/mol. The molecule has 5 heteroatoms. The predicted octanol–water partition coefficient (Wildman–Crippen LogP) is 12.6. The quantitative estimate of drug-likeness (QED) is 0.246. The number of fused-ring (bicyclic) bond motifs is 12. The molecule has 0 N–H and O–H groups in total. The molecule has 12 atom stereocenters. The molecule has 3 aromatic rings. The summed E-state index contributed by atoms with van der Waals surface area (Å²) in [4.78, 5) is 9.37. The van der Waals surface area contributed by atoms with Crippen LogP contribution in [-0.2, 0) is 0 Å². The Kier molecular flexibility index (Phi) is 7.78. The normalized spacial score (nSPS) is 38.5. The number of thioether (sulfide) groups is 1. The number of piperazine rings is 1. The van der Waals surface area contributed by atoms with E-state index in [1.807, 2.05) is 0 Å². The van der Waals surface area contributed by atoms with Crippen molar-refractivity contribution in [1.82, 2.24) is 9.80 Å². The number of benzene rings is 2. The van der Waals surface area contributed by atoms with Crippen molar-refractivity contribution in [2.45, 2.75) is 167 Å². The topological polar surface area (TPSA) is 22.9 Å². The number of furan rings is 1. The van der Waals surface area contributed by atoms with Gasteiger partial charge >= 0.3 is 0 Å². The van der Waals surface area contributed by atoms with Gasteiger partial charge < -0.3 is 19.1 Å². The summed E-state index contributed by atoms with van der Waals surface area (Å²) in [6, 6.07) is 18.6. The van der Waals surface area contributed by atoms with Crippen LogP contribution in [0.2, 0.25) is 0 Å². The SMILES string of the molecule is CC(C)(C)C1C=C2C3=C(C1)N1C4C5CCCCC5SC4C4CC(C(C)(C)C)CC(C41)N3C1CCC(C(C)(C)C)CC1N2c1cccc2c1oc1ccccc12. The maximum absolute atomic E-state index is 6.97. The van der Waals surface area contributed by atoms with Crippen molar-refractivity contribution in [3.63, 3.8) is 0 Å². The summed E-state index contributed by atoms with van der Waals surface area (Å²) in [5, 5.41) is 4.15. The molecule has 0 radical (unpaired) electrons. The first-order chi connectivity index (χ1) is 26.2. The van der Waals surface area contributed by atoms with Crippen LogP contribution in [0.5, 0.6) is 0 Å². The second-order valence-corrected chi connectivity index (χ2v) is 24.2. The number of anilines is 1. The van der Waals surface area contributed by atoms with Crippen molar-refractivity contribution < 1.29 is 4.42 Å². The molecular formula is C50H67N3OS. The van der Waals surface area contributed by atoms with E-state index in [2.05, 4.69) is 137 Å². The monoisotopic (exact) mass is 758 g/mol. The maximum atomic E-state index is 6.97. The van der Waals surface area contributed by atoms with Gasteiger partial charge in [-0.15, -0.1) is 0 Å². The summed E-state index contributed by atoms with van der Waals surface area (Å²) in [7, 11) is 0. The molecule has 294 valence electrons. The van der Waals surface area contributed by atoms with E-state index in [4.69, 9.17) is 4.42 Å². The molecule has 3 saturated carbocycles. The van der Waals surface area contributed by atoms with Crippen LogP contribution >= 0.6 is 11.8 Å². The minimum absolute atomic E-state index is 0.168. The van der Waals surface area contributed by atoms with E-state index >= 15 is 0 Å². The maximum Gasteiger partial charge on any atom is 0.159 e. The van der Waals surface area contributed by atoms with Crippen LogP contribution < -0.4 is 4.90 Å². The highest BCUT2D eigenvalue weighted by Gasteiger charge is 2.67. The Labute approximate surface area is 335 Å². The van der Waals surface area contributed by atoms with Crippen molar-refractivity contribution >= 4 is 39.4 Å². The van der Waals surface area contributed by atoms with E-state index in [1.165, 1.54) is 86.4 Å². The Hall–Kier alpha value is -2.53. The molecule has 11 rings (SSSR count). The van der Waals surface area contributed by atoms with Crippen molar-refractivity contribution in [2.75, 3.05) is 4.90 Å². The fraction of sp³-hybridized carbons (Fsp3) is 0.680. The third kappa shape index (κ3) is 5.14. The molecular weight excluding hydrogens is 691 g/mol. The van der Waals surface area contributed by atoms with Gasteiger partial charge in [-0.2, -0.15) is 11.8 Å². The number of hydrogen-bond donors (Lipinski definition) is 0. The molecule has 3 saturated heterocycles. The number of allylic oxidation sites excluding steroid dienone is 2. The molecule has 0 bridgehead atoms. The van der Waals surface area contributed by atoms with E-state index in [0.29, 0.717) is 47.5 Å². The smallest absolute Gasteiger partial charge is 0.159 e. The Morgan fingerprint density at radius 2 is 1.40 bits per heavy atom. The number of hydrogen-bond acceptors (Lipinski definition) is 5. The van der Waals surface area contributed by atoms with E-state index in [9.17, 15) is 0 Å². The van der Waals surface area contributed by atoms with Gasteiger partial charge in [-0.1, -0.05) is 112 Å². The van der Waals surface area contributed by atoms with E-state index in [0.717, 1.165) is 39.4 Å². The minimum atomic E-state index is 0.168. The number of rotatable bonds is 1. The van der Waals surface area contributed by atoms with Crippen LogP contribution in [0, 0.1) is 45.8 Å². The van der Waals surface area contributed by atoms with Crippen molar-refractivity contribution in [2.24, 2.45) is 45.8 Å². The summed E-state index contributed by atoms with van der Waals surface area (Å²) >= 11 is 2.49. The van der Waals surface area contributed by atoms with Crippen LogP contribution in [0.1, 0.15) is 127 Å². The molecule has 4 nitrogen and oxygen atoms in total. The van der Waals surface area contributed by atoms with Gasteiger partial charge in [0.25, 0.3) is 0 Å². The first-order valence-corrected chi connectivity index (χ1v) is 23.5. The van der Waals surface area contributed by atoms with Gasteiger partial charge in [0.05, 0.1) is 41.2 Å². The fourth-order valence-corrected chi connectivity index (χ4v) is 16.2. The zero-order valence-corrected chi connectivity index (χ0v) is 36.1. The first-order valence-electron chi connectivity index (χ1n) is 22.6. The average Bonchev–Trinajstić information content (AvgIpc) is 3.81. The van der Waals surface area contributed by atoms with Gasteiger partial charge in [0.15, 0.2) is 5.58 Å². The van der Waals surface area contributed by atoms with Crippen LogP contribution in [0.15, 0.2) is 70.0 Å². The van der Waals surface area contributed by atoms with Crippen LogP contribution in [0.25, 0.3) is 21.9 Å². The summed E-state index contributed by atoms with van der Waals surface area (Å²) in [6.07, 6.45) is 16.4. The molecule has 4 aliphatic heterocycles. The van der Waals surface area contributed by atoms with Crippen LogP contribution in [-0.4, -0.2) is 50.5 Å². The van der Waals surface area contributed by atoms with Gasteiger partial charge in [0, 0.05) is 33.0 Å². The summed E-state index contributed by atoms with van der Waals surface area (Å²) < 4.78 is 6.97. The second-order valence-electron chi connectivity index (χ2n) is 22.8. The van der Waals surface area contributed by atoms with E-state index in [1.54, 1.807) is 11.4 Å². The standard InChI is InChI=1S/C50H67N3OS/c1-48(2,3)28-21-22-35-37(24-28)51(36-18-14-17-32-31-15-10-12-19-41(31)54-46(32)36)39-26-30(50(7,8)9)27-40-45(39)52(35)38-25-29(49(4,5)6)23-34-43(38)53(40)44-33-16-11-13-20-42(33)55-47(34)44/h10,12,14-15,17-19,26,28-30,33-35,37-38,42-44,47H,11,13,16,20-25,27H2,1-9H3. The fourth-order valence-electron chi connectivity index (χ4n) is 14.0. The van der Waals surface area contributed by atoms with Gasteiger partial charge in [-0.25, -0.2) is 0 Å². The largest absolute Gasteiger partial charge is 0.454 e. The molecule has 5 heterocycles. The molecule has 4 aliphatic carbocycles. The molecule has 0 spiro atoms. The van der Waals surface area contributed by atoms with E-state index in [-0.39, 0.29) is 10.8 Å². The first kappa shape index (κ1) is 35.6. The molecule has 8 aliphatic rings. The lowest BCUT2D eigenvalue weighted by Gasteiger charge is -2.65. The summed E-state index contributed by atoms with van der Waals surface area (Å²) in [6.45, 7) is 22.8. The van der Waals surface area contributed by atoms with E-state index < -0.39 is 0 Å². The molecule has 0 amide bonds. The molecule has 1 aromatic heterocycles. The second kappa shape index (κ2) is 12.0. The third-order valence-electron chi connectivity index (χ3n) is 17.0. The van der Waals surface area contributed by atoms with Gasteiger partial charge in [0.2, 0.25) is 0 Å². The molecule has 12 unspecified atom stereocenters. The van der Waals surface area contributed by atoms with Crippen molar-refractivity contribution in [3.05, 3.63) is 65.6 Å². The summed E-state index contributed by atoms with van der Waals surface area (Å²) in [5.41, 5.74) is 9.06. The highest BCUT2D eigenvalue weighted by molar-refractivity contribution is 8.00. The summed E-state index contributed by atoms with van der Waals surface area (Å²) in [5.74, 6) is 3.58. The third-order valence-corrected chi connectivity index (χ3v) is 18.9. The van der Waals surface area contributed by atoms with Gasteiger partial charge in [-0.3, -0.25) is 0 Å².